The third kappa shape index (κ3) is 5.06. The van der Waals surface area contributed by atoms with E-state index in [1.807, 2.05) is 0 Å². The number of benzene rings is 2. The van der Waals surface area contributed by atoms with Gasteiger partial charge in [-0.3, -0.25) is 4.79 Å². The Bertz CT molecular complexity index is 908. The largest absolute Gasteiger partial charge is 0.416 e. The quantitative estimate of drug-likeness (QED) is 0.827. The summed E-state index contributed by atoms with van der Waals surface area (Å²) < 4.78 is 65.0. The van der Waals surface area contributed by atoms with Crippen LogP contribution in [0, 0.1) is 6.92 Å². The van der Waals surface area contributed by atoms with Crippen molar-refractivity contribution in [3.63, 3.8) is 0 Å². The molecule has 2 aromatic rings. The van der Waals surface area contributed by atoms with Gasteiger partial charge in [0.2, 0.25) is 15.9 Å². The minimum Gasteiger partial charge on any atom is -0.326 e. The number of carbonyl (C=O) groups is 1. The van der Waals surface area contributed by atoms with Crippen LogP contribution in [0.25, 0.3) is 0 Å². The van der Waals surface area contributed by atoms with Crippen molar-refractivity contribution < 1.29 is 26.4 Å². The average Bonchev–Trinajstić information content (AvgIpc) is 2.54. The molecule has 5 nitrogen and oxygen atoms in total. The molecule has 2 rings (SSSR count). The first kappa shape index (κ1) is 19.9. The molecule has 0 aliphatic rings. The Morgan fingerprint density at radius 2 is 1.69 bits per heavy atom. The maximum absolute atomic E-state index is 12.5. The molecule has 0 saturated heterocycles. The van der Waals surface area contributed by atoms with E-state index in [0.717, 1.165) is 12.1 Å². The predicted octanol–water partition coefficient (Wildman–Crippen LogP) is 3.45. The molecule has 0 bridgehead atoms. The number of amides is 1. The van der Waals surface area contributed by atoms with Crippen LogP contribution < -0.4 is 10.0 Å². The van der Waals surface area contributed by atoms with E-state index in [1.165, 1.54) is 25.1 Å². The Balaban J connectivity index is 2.17. The van der Waals surface area contributed by atoms with Gasteiger partial charge in [-0.2, -0.15) is 13.2 Å². The second-order valence-corrected chi connectivity index (χ2v) is 7.42. The number of hydrogen-bond acceptors (Lipinski definition) is 3. The van der Waals surface area contributed by atoms with Gasteiger partial charge in [-0.05, 0) is 42.3 Å². The van der Waals surface area contributed by atoms with Gasteiger partial charge in [-0.25, -0.2) is 13.1 Å². The van der Waals surface area contributed by atoms with Crippen molar-refractivity contribution in [3.05, 3.63) is 59.2 Å². The Morgan fingerprint density at radius 3 is 2.23 bits per heavy atom. The number of carbonyl (C=O) groups excluding carboxylic acids is 1. The van der Waals surface area contributed by atoms with Crippen LogP contribution in [0.4, 0.5) is 18.9 Å². The van der Waals surface area contributed by atoms with Crippen LogP contribution in [0.5, 0.6) is 0 Å². The molecule has 0 unspecified atom stereocenters. The van der Waals surface area contributed by atoms with Gasteiger partial charge >= 0.3 is 6.18 Å². The van der Waals surface area contributed by atoms with Crippen molar-refractivity contribution in [1.29, 1.82) is 0 Å². The lowest BCUT2D eigenvalue weighted by Crippen LogP contribution is -2.24. The Hall–Kier alpha value is -2.39. The molecule has 26 heavy (non-hydrogen) atoms. The molecule has 0 spiro atoms. The van der Waals surface area contributed by atoms with Gasteiger partial charge in [-0.15, -0.1) is 0 Å². The average molecular weight is 386 g/mol. The number of hydrogen-bond donors (Lipinski definition) is 2. The lowest BCUT2D eigenvalue weighted by atomic mass is 10.1. The molecular weight excluding hydrogens is 369 g/mol. The number of nitrogens with one attached hydrogen (secondary N) is 2. The van der Waals surface area contributed by atoms with Crippen molar-refractivity contribution in [1.82, 2.24) is 4.72 Å². The highest BCUT2D eigenvalue weighted by Gasteiger charge is 2.30. The van der Waals surface area contributed by atoms with Crippen molar-refractivity contribution in [2.75, 3.05) is 5.32 Å². The number of sulfonamides is 1. The Morgan fingerprint density at radius 1 is 1.08 bits per heavy atom. The van der Waals surface area contributed by atoms with Crippen molar-refractivity contribution >= 4 is 21.6 Å². The Labute approximate surface area is 149 Å². The zero-order valence-corrected chi connectivity index (χ0v) is 14.8. The van der Waals surface area contributed by atoms with Crippen LogP contribution in [0.1, 0.15) is 23.6 Å². The van der Waals surface area contributed by atoms with Gasteiger partial charge in [-0.1, -0.05) is 18.2 Å². The minimum absolute atomic E-state index is 0.0179. The van der Waals surface area contributed by atoms with Gasteiger partial charge in [0, 0.05) is 19.2 Å². The number of aryl methyl sites for hydroxylation is 1. The van der Waals surface area contributed by atoms with Crippen molar-refractivity contribution in [3.8, 4) is 0 Å². The molecule has 0 saturated carbocycles. The fourth-order valence-corrected chi connectivity index (χ4v) is 3.52. The van der Waals surface area contributed by atoms with E-state index in [2.05, 4.69) is 10.0 Å². The summed E-state index contributed by atoms with van der Waals surface area (Å²) in [5.41, 5.74) is 0.386. The number of alkyl halides is 3. The first-order valence-corrected chi connectivity index (χ1v) is 9.01. The van der Waals surface area contributed by atoms with Gasteiger partial charge in [0.1, 0.15) is 0 Å². The molecule has 0 radical (unpaired) electrons. The summed E-state index contributed by atoms with van der Waals surface area (Å²) >= 11 is 0. The summed E-state index contributed by atoms with van der Waals surface area (Å²) in [5, 5.41) is 2.50. The van der Waals surface area contributed by atoms with Crippen LogP contribution in [0.2, 0.25) is 0 Å². The third-order valence-corrected chi connectivity index (χ3v) is 5.09. The van der Waals surface area contributed by atoms with Crippen molar-refractivity contribution in [2.45, 2.75) is 31.5 Å². The third-order valence-electron chi connectivity index (χ3n) is 3.55. The van der Waals surface area contributed by atoms with E-state index in [-0.39, 0.29) is 17.3 Å². The molecule has 0 aliphatic heterocycles. The van der Waals surface area contributed by atoms with E-state index in [9.17, 15) is 26.4 Å². The summed E-state index contributed by atoms with van der Waals surface area (Å²) in [6, 6.07) is 8.67. The van der Waals surface area contributed by atoms with Crippen LogP contribution in [-0.4, -0.2) is 14.3 Å². The molecule has 0 heterocycles. The van der Waals surface area contributed by atoms with E-state index in [1.54, 1.807) is 19.1 Å². The molecule has 9 heteroatoms. The molecule has 0 fully saturated rings. The van der Waals surface area contributed by atoms with E-state index >= 15 is 0 Å². The highest BCUT2D eigenvalue weighted by Crippen LogP contribution is 2.29. The zero-order chi connectivity index (χ0) is 19.5. The second kappa shape index (κ2) is 7.46. The minimum atomic E-state index is -4.45. The van der Waals surface area contributed by atoms with E-state index in [4.69, 9.17) is 0 Å². The van der Waals surface area contributed by atoms with Gasteiger partial charge in [0.15, 0.2) is 0 Å². The van der Waals surface area contributed by atoms with Crippen LogP contribution >= 0.6 is 0 Å². The first-order valence-electron chi connectivity index (χ1n) is 7.53. The normalized spacial score (nSPS) is 12.0. The van der Waals surface area contributed by atoms with Crippen molar-refractivity contribution in [2.24, 2.45) is 0 Å². The predicted molar refractivity (Wildman–Crippen MR) is 91.0 cm³/mol. The lowest BCUT2D eigenvalue weighted by Gasteiger charge is -2.12. The highest BCUT2D eigenvalue weighted by molar-refractivity contribution is 7.89. The van der Waals surface area contributed by atoms with E-state index < -0.39 is 21.8 Å². The molecule has 0 aliphatic carbocycles. The lowest BCUT2D eigenvalue weighted by molar-refractivity contribution is -0.137. The molecule has 0 aromatic heterocycles. The first-order chi connectivity index (χ1) is 12.0. The standard InChI is InChI=1S/C17H17F3N2O3S/c1-11-3-8-15(22-12(2)23)9-16(11)26(24,25)21-10-13-4-6-14(7-5-13)17(18,19)20/h3-9,21H,10H2,1-2H3,(H,22,23). The summed E-state index contributed by atoms with van der Waals surface area (Å²) in [4.78, 5) is 11.1. The summed E-state index contributed by atoms with van der Waals surface area (Å²) in [6.45, 7) is 2.74. The van der Waals surface area contributed by atoms with Gasteiger partial charge in [0.05, 0.1) is 10.5 Å². The van der Waals surface area contributed by atoms with Crippen LogP contribution in [0.3, 0.4) is 0 Å². The number of halogens is 3. The number of anilines is 1. The number of rotatable bonds is 5. The van der Waals surface area contributed by atoms with Gasteiger partial charge in [0.25, 0.3) is 0 Å². The monoisotopic (exact) mass is 386 g/mol. The molecule has 2 aromatic carbocycles. The highest BCUT2D eigenvalue weighted by atomic mass is 32.2. The molecule has 2 N–H and O–H groups in total. The summed E-state index contributed by atoms with van der Waals surface area (Å²) in [5.74, 6) is -0.338. The fourth-order valence-electron chi connectivity index (χ4n) is 2.24. The van der Waals surface area contributed by atoms with Gasteiger partial charge < -0.3 is 5.32 Å². The molecule has 140 valence electrons. The van der Waals surface area contributed by atoms with E-state index in [0.29, 0.717) is 16.8 Å². The summed E-state index contributed by atoms with van der Waals surface area (Å²) in [7, 11) is -3.91. The molecule has 1 amide bonds. The summed E-state index contributed by atoms with van der Waals surface area (Å²) in [6.07, 6.45) is -4.45. The fraction of sp³-hybridized carbons (Fsp3) is 0.235. The topological polar surface area (TPSA) is 75.3 Å². The maximum atomic E-state index is 12.5. The molecule has 0 atom stereocenters. The smallest absolute Gasteiger partial charge is 0.326 e. The second-order valence-electron chi connectivity index (χ2n) is 5.68. The Kier molecular flexibility index (Phi) is 5.72. The zero-order valence-electron chi connectivity index (χ0n) is 14.0. The van der Waals surface area contributed by atoms with Crippen LogP contribution in [0.15, 0.2) is 47.4 Å². The van der Waals surface area contributed by atoms with Crippen LogP contribution in [-0.2, 0) is 27.5 Å². The molecular formula is C17H17F3N2O3S. The SMILES string of the molecule is CC(=O)Nc1ccc(C)c(S(=O)(=O)NCc2ccc(C(F)(F)F)cc2)c1. The maximum Gasteiger partial charge on any atom is 0.416 e.